The average molecular weight is 241 g/mol. The van der Waals surface area contributed by atoms with E-state index in [-0.39, 0.29) is 5.91 Å². The number of nitrogens with zero attached hydrogens (tertiary/aromatic N) is 2. The van der Waals surface area contributed by atoms with Gasteiger partial charge >= 0.3 is 0 Å². The van der Waals surface area contributed by atoms with E-state index in [0.29, 0.717) is 12.5 Å². The smallest absolute Gasteiger partial charge is 0.223 e. The van der Waals surface area contributed by atoms with E-state index < -0.39 is 0 Å². The topological polar surface area (TPSA) is 35.6 Å². The van der Waals surface area contributed by atoms with E-state index in [4.69, 9.17) is 0 Å². The summed E-state index contributed by atoms with van der Waals surface area (Å²) in [6.07, 6.45) is 3.06. The van der Waals surface area contributed by atoms with Crippen LogP contribution in [0.2, 0.25) is 0 Å². The van der Waals surface area contributed by atoms with Crippen molar-refractivity contribution in [3.05, 3.63) is 0 Å². The Bertz CT molecular complexity index is 243. The van der Waals surface area contributed by atoms with Crippen molar-refractivity contribution in [2.75, 3.05) is 40.8 Å². The predicted molar refractivity (Wildman–Crippen MR) is 71.0 cm³/mol. The van der Waals surface area contributed by atoms with Gasteiger partial charge in [-0.15, -0.1) is 0 Å². The van der Waals surface area contributed by atoms with E-state index in [0.717, 1.165) is 25.6 Å². The molecule has 1 aliphatic heterocycles. The predicted octanol–water partition coefficient (Wildman–Crippen LogP) is 0.785. The van der Waals surface area contributed by atoms with Gasteiger partial charge in [-0.25, -0.2) is 0 Å². The van der Waals surface area contributed by atoms with Gasteiger partial charge in [0.25, 0.3) is 0 Å². The molecule has 2 atom stereocenters. The van der Waals surface area contributed by atoms with Crippen LogP contribution in [0.3, 0.4) is 0 Å². The molecule has 1 fully saturated rings. The standard InChI is InChI=1S/C13H27N3O/c1-5-11-10-16(8-6-12(11)14-2)9-7-13(17)15(3)4/h11-12,14H,5-10H2,1-4H3. The van der Waals surface area contributed by atoms with Gasteiger partial charge in [0.1, 0.15) is 0 Å². The van der Waals surface area contributed by atoms with Crippen molar-refractivity contribution in [3.63, 3.8) is 0 Å². The van der Waals surface area contributed by atoms with Gasteiger partial charge in [-0.05, 0) is 25.9 Å². The van der Waals surface area contributed by atoms with Crippen LogP contribution < -0.4 is 5.32 Å². The van der Waals surface area contributed by atoms with Crippen LogP contribution in [-0.4, -0.2) is 62.5 Å². The molecule has 4 heteroatoms. The summed E-state index contributed by atoms with van der Waals surface area (Å²) in [7, 11) is 5.70. The van der Waals surface area contributed by atoms with Crippen molar-refractivity contribution >= 4 is 5.91 Å². The molecule has 0 radical (unpaired) electrons. The highest BCUT2D eigenvalue weighted by atomic mass is 16.2. The molecule has 1 saturated heterocycles. The Hall–Kier alpha value is -0.610. The quantitative estimate of drug-likeness (QED) is 0.773. The zero-order valence-electron chi connectivity index (χ0n) is 11.7. The van der Waals surface area contributed by atoms with Gasteiger partial charge in [-0.3, -0.25) is 4.79 Å². The number of rotatable bonds is 5. The number of nitrogens with one attached hydrogen (secondary N) is 1. The first-order valence-corrected chi connectivity index (χ1v) is 6.68. The Kier molecular flexibility index (Phi) is 5.92. The number of piperidine rings is 1. The molecule has 0 saturated carbocycles. The first-order chi connectivity index (χ1) is 8.08. The molecule has 0 aromatic rings. The first-order valence-electron chi connectivity index (χ1n) is 6.68. The number of hydrogen-bond donors (Lipinski definition) is 1. The lowest BCUT2D eigenvalue weighted by molar-refractivity contribution is -0.129. The highest BCUT2D eigenvalue weighted by molar-refractivity contribution is 5.75. The molecule has 2 unspecified atom stereocenters. The van der Waals surface area contributed by atoms with E-state index in [1.165, 1.54) is 12.8 Å². The monoisotopic (exact) mass is 241 g/mol. The zero-order chi connectivity index (χ0) is 12.8. The van der Waals surface area contributed by atoms with Gasteiger partial charge < -0.3 is 15.1 Å². The average Bonchev–Trinajstić information content (AvgIpc) is 2.35. The minimum absolute atomic E-state index is 0.230. The third kappa shape index (κ3) is 4.28. The van der Waals surface area contributed by atoms with Gasteiger partial charge in [0, 0.05) is 39.6 Å². The summed E-state index contributed by atoms with van der Waals surface area (Å²) in [6, 6.07) is 0.654. The molecule has 1 aliphatic rings. The summed E-state index contributed by atoms with van der Waals surface area (Å²) in [6.45, 7) is 5.40. The maximum absolute atomic E-state index is 11.5. The van der Waals surface area contributed by atoms with Gasteiger partial charge in [-0.1, -0.05) is 13.3 Å². The second-order valence-electron chi connectivity index (χ2n) is 5.19. The van der Waals surface area contributed by atoms with E-state index in [1.54, 1.807) is 4.90 Å². The largest absolute Gasteiger partial charge is 0.349 e. The number of hydrogen-bond acceptors (Lipinski definition) is 3. The second-order valence-corrected chi connectivity index (χ2v) is 5.19. The molecular weight excluding hydrogens is 214 g/mol. The molecule has 17 heavy (non-hydrogen) atoms. The molecule has 0 spiro atoms. The fourth-order valence-electron chi connectivity index (χ4n) is 2.58. The number of carbonyl (C=O) groups excluding carboxylic acids is 1. The zero-order valence-corrected chi connectivity index (χ0v) is 11.7. The minimum Gasteiger partial charge on any atom is -0.349 e. The number of likely N-dealkylation sites (tertiary alicyclic amines) is 1. The van der Waals surface area contributed by atoms with Crippen molar-refractivity contribution in [1.29, 1.82) is 0 Å². The Morgan fingerprint density at radius 1 is 1.47 bits per heavy atom. The normalized spacial score (nSPS) is 25.9. The van der Waals surface area contributed by atoms with Crippen LogP contribution in [0, 0.1) is 5.92 Å². The van der Waals surface area contributed by atoms with Gasteiger partial charge in [0.15, 0.2) is 0 Å². The lowest BCUT2D eigenvalue weighted by Gasteiger charge is -2.38. The van der Waals surface area contributed by atoms with Crippen molar-refractivity contribution in [1.82, 2.24) is 15.1 Å². The maximum Gasteiger partial charge on any atom is 0.223 e. The summed E-state index contributed by atoms with van der Waals surface area (Å²) in [4.78, 5) is 15.7. The summed E-state index contributed by atoms with van der Waals surface area (Å²) in [5.41, 5.74) is 0. The van der Waals surface area contributed by atoms with E-state index in [2.05, 4.69) is 24.2 Å². The Morgan fingerprint density at radius 3 is 2.71 bits per heavy atom. The second kappa shape index (κ2) is 6.97. The molecule has 1 heterocycles. The van der Waals surface area contributed by atoms with Crippen molar-refractivity contribution in [2.45, 2.75) is 32.2 Å². The lowest BCUT2D eigenvalue weighted by Crippen LogP contribution is -2.48. The van der Waals surface area contributed by atoms with Crippen LogP contribution in [0.15, 0.2) is 0 Å². The third-order valence-corrected chi connectivity index (χ3v) is 3.85. The molecule has 1 rings (SSSR count). The molecule has 0 bridgehead atoms. The molecule has 4 nitrogen and oxygen atoms in total. The SMILES string of the molecule is CCC1CN(CCC(=O)N(C)C)CCC1NC. The van der Waals surface area contributed by atoms with Crippen LogP contribution in [0.1, 0.15) is 26.2 Å². The van der Waals surface area contributed by atoms with E-state index >= 15 is 0 Å². The molecule has 0 aromatic heterocycles. The summed E-state index contributed by atoms with van der Waals surface area (Å²) in [5.74, 6) is 0.956. The highest BCUT2D eigenvalue weighted by Crippen LogP contribution is 2.20. The molecule has 1 amide bonds. The Morgan fingerprint density at radius 2 is 2.18 bits per heavy atom. The number of amides is 1. The fourth-order valence-corrected chi connectivity index (χ4v) is 2.58. The van der Waals surface area contributed by atoms with Crippen molar-refractivity contribution in [3.8, 4) is 0 Å². The maximum atomic E-state index is 11.5. The molecule has 0 aromatic carbocycles. The molecule has 0 aliphatic carbocycles. The molecule has 1 N–H and O–H groups in total. The lowest BCUT2D eigenvalue weighted by atomic mass is 9.90. The van der Waals surface area contributed by atoms with Crippen LogP contribution in [0.25, 0.3) is 0 Å². The summed E-state index contributed by atoms with van der Waals surface area (Å²) >= 11 is 0. The van der Waals surface area contributed by atoms with Gasteiger partial charge in [0.05, 0.1) is 0 Å². The van der Waals surface area contributed by atoms with Crippen LogP contribution in [0.5, 0.6) is 0 Å². The van der Waals surface area contributed by atoms with Gasteiger partial charge in [-0.2, -0.15) is 0 Å². The third-order valence-electron chi connectivity index (χ3n) is 3.85. The Balaban J connectivity index is 2.34. The summed E-state index contributed by atoms with van der Waals surface area (Å²) < 4.78 is 0. The molecular formula is C13H27N3O. The summed E-state index contributed by atoms with van der Waals surface area (Å²) in [5, 5.41) is 3.41. The van der Waals surface area contributed by atoms with Crippen LogP contribution >= 0.6 is 0 Å². The molecule has 100 valence electrons. The van der Waals surface area contributed by atoms with E-state index in [1.807, 2.05) is 14.1 Å². The van der Waals surface area contributed by atoms with Crippen LogP contribution in [0.4, 0.5) is 0 Å². The van der Waals surface area contributed by atoms with Gasteiger partial charge in [0.2, 0.25) is 5.91 Å². The first kappa shape index (κ1) is 14.5. The van der Waals surface area contributed by atoms with E-state index in [9.17, 15) is 4.79 Å². The van der Waals surface area contributed by atoms with Crippen molar-refractivity contribution in [2.24, 2.45) is 5.92 Å². The number of carbonyl (C=O) groups is 1. The fraction of sp³-hybridized carbons (Fsp3) is 0.923. The highest BCUT2D eigenvalue weighted by Gasteiger charge is 2.26. The van der Waals surface area contributed by atoms with Crippen LogP contribution in [-0.2, 0) is 4.79 Å². The Labute approximate surface area is 105 Å². The van der Waals surface area contributed by atoms with Crippen molar-refractivity contribution < 1.29 is 4.79 Å². The minimum atomic E-state index is 0.230.